The molecule has 0 aliphatic heterocycles. The predicted molar refractivity (Wildman–Crippen MR) is 95.1 cm³/mol. The summed E-state index contributed by atoms with van der Waals surface area (Å²) in [7, 11) is 0. The van der Waals surface area contributed by atoms with E-state index in [4.69, 9.17) is 9.26 Å². The van der Waals surface area contributed by atoms with Crippen LogP contribution in [0.25, 0.3) is 0 Å². The average molecular weight is 328 g/mol. The summed E-state index contributed by atoms with van der Waals surface area (Å²) >= 11 is 0. The van der Waals surface area contributed by atoms with Gasteiger partial charge in [0.25, 0.3) is 0 Å². The molecule has 1 fully saturated rings. The van der Waals surface area contributed by atoms with E-state index in [0.29, 0.717) is 12.0 Å². The van der Waals surface area contributed by atoms with Crippen LogP contribution in [0.5, 0.6) is 5.75 Å². The first-order chi connectivity index (χ1) is 11.8. The highest BCUT2D eigenvalue weighted by Gasteiger charge is 2.28. The number of nitrogens with one attached hydrogen (secondary N) is 1. The second-order valence-corrected chi connectivity index (χ2v) is 6.77. The van der Waals surface area contributed by atoms with Crippen molar-refractivity contribution in [2.75, 3.05) is 6.61 Å². The largest absolute Gasteiger partial charge is 0.493 e. The lowest BCUT2D eigenvalue weighted by Crippen LogP contribution is -2.33. The normalized spacial score (nSPS) is 20.4. The van der Waals surface area contributed by atoms with Crippen molar-refractivity contribution in [1.82, 2.24) is 10.5 Å². The number of aromatic nitrogens is 1. The molecule has 2 atom stereocenters. The van der Waals surface area contributed by atoms with Crippen LogP contribution in [0.15, 0.2) is 34.9 Å². The van der Waals surface area contributed by atoms with Crippen LogP contribution in [0.1, 0.15) is 49.6 Å². The van der Waals surface area contributed by atoms with Crippen LogP contribution >= 0.6 is 0 Å². The summed E-state index contributed by atoms with van der Waals surface area (Å²) in [5, 5.41) is 7.76. The molecule has 0 spiro atoms. The fourth-order valence-corrected chi connectivity index (χ4v) is 3.56. The fourth-order valence-electron chi connectivity index (χ4n) is 3.56. The van der Waals surface area contributed by atoms with E-state index >= 15 is 0 Å². The van der Waals surface area contributed by atoms with Crippen molar-refractivity contribution in [3.05, 3.63) is 47.3 Å². The zero-order valence-electron chi connectivity index (χ0n) is 14.8. The van der Waals surface area contributed by atoms with E-state index in [-0.39, 0.29) is 0 Å². The summed E-state index contributed by atoms with van der Waals surface area (Å²) in [6.07, 6.45) is 5.78. The molecule has 2 aromatic rings. The predicted octanol–water partition coefficient (Wildman–Crippen LogP) is 4.27. The molecule has 0 unspecified atom stereocenters. The van der Waals surface area contributed by atoms with Crippen LogP contribution in [0.2, 0.25) is 0 Å². The van der Waals surface area contributed by atoms with Gasteiger partial charge in [0.05, 0.1) is 12.3 Å². The maximum absolute atomic E-state index is 5.86. The Hall–Kier alpha value is -1.81. The highest BCUT2D eigenvalue weighted by Crippen LogP contribution is 2.30. The number of hydrogen-bond donors (Lipinski definition) is 1. The van der Waals surface area contributed by atoms with Gasteiger partial charge in [-0.3, -0.25) is 0 Å². The molecule has 1 N–H and O–H groups in total. The third-order valence-electron chi connectivity index (χ3n) is 4.79. The van der Waals surface area contributed by atoms with E-state index in [0.717, 1.165) is 43.2 Å². The van der Waals surface area contributed by atoms with E-state index in [1.54, 1.807) is 0 Å². The molecule has 130 valence electrons. The number of benzene rings is 1. The smallest absolute Gasteiger partial charge is 0.137 e. The second kappa shape index (κ2) is 8.34. The Morgan fingerprint density at radius 3 is 2.96 bits per heavy atom. The average Bonchev–Trinajstić information content (AvgIpc) is 3.21. The molecule has 1 aliphatic rings. The van der Waals surface area contributed by atoms with Gasteiger partial charge < -0.3 is 14.6 Å². The maximum atomic E-state index is 5.86. The number of aryl methyl sites for hydroxylation is 1. The molecule has 3 rings (SSSR count). The van der Waals surface area contributed by atoms with Gasteiger partial charge in [0.15, 0.2) is 0 Å². The van der Waals surface area contributed by atoms with E-state index in [1.165, 1.54) is 24.8 Å². The molecule has 1 aromatic heterocycles. The fraction of sp³-hybridized carbons (Fsp3) is 0.550. The molecule has 4 heteroatoms. The molecule has 1 saturated carbocycles. The number of nitrogens with zero attached hydrogens (tertiary/aromatic N) is 1. The van der Waals surface area contributed by atoms with Crippen LogP contribution in [0.3, 0.4) is 0 Å². The van der Waals surface area contributed by atoms with Gasteiger partial charge in [0.2, 0.25) is 0 Å². The Kier molecular flexibility index (Phi) is 5.91. The van der Waals surface area contributed by atoms with Crippen molar-refractivity contribution >= 4 is 0 Å². The van der Waals surface area contributed by atoms with Gasteiger partial charge in [0, 0.05) is 30.6 Å². The minimum absolute atomic E-state index is 0.537. The van der Waals surface area contributed by atoms with Crippen LogP contribution in [-0.4, -0.2) is 17.8 Å². The van der Waals surface area contributed by atoms with Gasteiger partial charge in [-0.25, -0.2) is 0 Å². The molecule has 1 aromatic carbocycles. The third-order valence-corrected chi connectivity index (χ3v) is 4.79. The lowest BCUT2D eigenvalue weighted by molar-refractivity contribution is 0.308. The zero-order chi connectivity index (χ0) is 16.8. The summed E-state index contributed by atoms with van der Waals surface area (Å²) in [6, 6.07) is 10.9. The molecule has 1 aliphatic carbocycles. The Balaban J connectivity index is 1.57. The molecule has 4 nitrogen and oxygen atoms in total. The van der Waals surface area contributed by atoms with E-state index in [2.05, 4.69) is 41.7 Å². The minimum Gasteiger partial charge on any atom is -0.493 e. The molecule has 0 bridgehead atoms. The maximum Gasteiger partial charge on any atom is 0.137 e. The Morgan fingerprint density at radius 2 is 2.17 bits per heavy atom. The second-order valence-electron chi connectivity index (χ2n) is 6.77. The number of rotatable bonds is 8. The Bertz CT molecular complexity index is 638. The van der Waals surface area contributed by atoms with Crippen molar-refractivity contribution in [2.45, 2.75) is 58.5 Å². The Morgan fingerprint density at radius 1 is 1.29 bits per heavy atom. The lowest BCUT2D eigenvalue weighted by atomic mass is 9.97. The highest BCUT2D eigenvalue weighted by molar-refractivity contribution is 5.33. The van der Waals surface area contributed by atoms with Gasteiger partial charge in [-0.15, -0.1) is 0 Å². The summed E-state index contributed by atoms with van der Waals surface area (Å²) in [6.45, 7) is 5.74. The van der Waals surface area contributed by atoms with Crippen molar-refractivity contribution in [1.29, 1.82) is 0 Å². The number of hydrogen-bond acceptors (Lipinski definition) is 4. The first-order valence-electron chi connectivity index (χ1n) is 9.12. The first-order valence-corrected chi connectivity index (χ1v) is 9.12. The van der Waals surface area contributed by atoms with Gasteiger partial charge in [-0.05, 0) is 38.2 Å². The van der Waals surface area contributed by atoms with Gasteiger partial charge in [-0.2, -0.15) is 0 Å². The monoisotopic (exact) mass is 328 g/mol. The van der Waals surface area contributed by atoms with E-state index in [1.807, 2.05) is 13.0 Å². The van der Waals surface area contributed by atoms with Crippen LogP contribution in [0, 0.1) is 12.8 Å². The minimum atomic E-state index is 0.537. The topological polar surface area (TPSA) is 47.3 Å². The lowest BCUT2D eigenvalue weighted by Gasteiger charge is -2.21. The number of para-hydroxylation sites is 1. The first kappa shape index (κ1) is 17.0. The third kappa shape index (κ3) is 4.38. The van der Waals surface area contributed by atoms with Gasteiger partial charge in [-0.1, -0.05) is 36.7 Å². The molecule has 1 heterocycles. The van der Waals surface area contributed by atoms with Crippen LogP contribution in [0.4, 0.5) is 0 Å². The highest BCUT2D eigenvalue weighted by atomic mass is 16.5. The summed E-state index contributed by atoms with van der Waals surface area (Å²) < 4.78 is 11.3. The van der Waals surface area contributed by atoms with Crippen LogP contribution < -0.4 is 10.1 Å². The standard InChI is InChI=1S/C20H28N2O2/c1-3-11-23-20-10-5-4-7-17(20)14-21-19-9-6-8-16(19)13-18-12-15(2)22-24-18/h4-5,7,10,12,16,19,21H,3,6,8-9,11,13-14H2,1-2H3/t16-,19+/m0/s1. The molecular weight excluding hydrogens is 300 g/mol. The summed E-state index contributed by atoms with van der Waals surface area (Å²) in [5.41, 5.74) is 2.21. The zero-order valence-corrected chi connectivity index (χ0v) is 14.8. The molecule has 0 saturated heterocycles. The number of ether oxygens (including phenoxy) is 1. The SMILES string of the molecule is CCCOc1ccccc1CN[C@@H]1CCC[C@H]1Cc1cc(C)no1. The van der Waals surface area contributed by atoms with E-state index < -0.39 is 0 Å². The van der Waals surface area contributed by atoms with Crippen molar-refractivity contribution in [2.24, 2.45) is 5.92 Å². The van der Waals surface area contributed by atoms with Crippen molar-refractivity contribution < 1.29 is 9.26 Å². The molecule has 24 heavy (non-hydrogen) atoms. The van der Waals surface area contributed by atoms with Crippen molar-refractivity contribution in [3.63, 3.8) is 0 Å². The summed E-state index contributed by atoms with van der Waals surface area (Å²) in [4.78, 5) is 0. The van der Waals surface area contributed by atoms with Gasteiger partial charge in [0.1, 0.15) is 11.5 Å². The Labute approximate surface area is 144 Å². The van der Waals surface area contributed by atoms with Gasteiger partial charge >= 0.3 is 0 Å². The summed E-state index contributed by atoms with van der Waals surface area (Å²) in [5.74, 6) is 2.64. The molecular formula is C20H28N2O2. The van der Waals surface area contributed by atoms with E-state index in [9.17, 15) is 0 Å². The molecule has 0 amide bonds. The quantitative estimate of drug-likeness (QED) is 0.786. The van der Waals surface area contributed by atoms with Crippen LogP contribution in [-0.2, 0) is 13.0 Å². The molecule has 0 radical (unpaired) electrons. The van der Waals surface area contributed by atoms with Crippen molar-refractivity contribution in [3.8, 4) is 5.75 Å².